The van der Waals surface area contributed by atoms with Crippen molar-refractivity contribution >= 4 is 0 Å². The Morgan fingerprint density at radius 2 is 2.00 bits per heavy atom. The van der Waals surface area contributed by atoms with Crippen LogP contribution in [0.4, 0.5) is 0 Å². The number of aliphatic hydroxyl groups excluding tert-OH is 1. The summed E-state index contributed by atoms with van der Waals surface area (Å²) in [7, 11) is 3.78. The maximum Gasteiger partial charge on any atom is 0.104 e. The van der Waals surface area contributed by atoms with Crippen LogP contribution in [0, 0.1) is 11.8 Å². The quantitative estimate of drug-likeness (QED) is 0.773. The van der Waals surface area contributed by atoms with Gasteiger partial charge in [0.05, 0.1) is 6.61 Å². The van der Waals surface area contributed by atoms with Crippen molar-refractivity contribution in [1.82, 2.24) is 4.90 Å². The van der Waals surface area contributed by atoms with Gasteiger partial charge in [0.15, 0.2) is 0 Å². The van der Waals surface area contributed by atoms with E-state index in [1.807, 2.05) is 12.1 Å². The molecule has 0 bridgehead atoms. The highest BCUT2D eigenvalue weighted by atomic mass is 16.5. The van der Waals surface area contributed by atoms with E-state index in [1.165, 1.54) is 5.56 Å². The first-order chi connectivity index (χ1) is 8.26. The number of nitrogens with zero attached hydrogens (tertiary/aromatic N) is 1. The molecule has 0 saturated heterocycles. The minimum atomic E-state index is -0.0957. The number of likely N-dealkylation sites (N-methyl/N-ethyl adjacent to an activating group) is 1. The summed E-state index contributed by atoms with van der Waals surface area (Å²) in [6.07, 6.45) is 0. The van der Waals surface area contributed by atoms with Crippen LogP contribution >= 0.6 is 0 Å². The van der Waals surface area contributed by atoms with Crippen LogP contribution in [0.2, 0.25) is 0 Å². The predicted molar refractivity (Wildman–Crippen MR) is 68.6 cm³/mol. The molecule has 0 aliphatic heterocycles. The van der Waals surface area contributed by atoms with E-state index in [0.717, 1.165) is 25.3 Å². The van der Waals surface area contributed by atoms with Gasteiger partial charge in [0.25, 0.3) is 0 Å². The van der Waals surface area contributed by atoms with Crippen molar-refractivity contribution in [2.45, 2.75) is 6.54 Å². The van der Waals surface area contributed by atoms with Gasteiger partial charge >= 0.3 is 0 Å². The largest absolute Gasteiger partial charge is 0.384 e. The van der Waals surface area contributed by atoms with E-state index in [2.05, 4.69) is 35.9 Å². The zero-order valence-corrected chi connectivity index (χ0v) is 10.4. The van der Waals surface area contributed by atoms with Crippen LogP contribution in [0.15, 0.2) is 24.3 Å². The van der Waals surface area contributed by atoms with Crippen LogP contribution in [0.5, 0.6) is 0 Å². The summed E-state index contributed by atoms with van der Waals surface area (Å²) in [5.74, 6) is 5.51. The molecule has 0 spiro atoms. The number of benzene rings is 1. The zero-order chi connectivity index (χ0) is 12.5. The molecule has 0 aromatic heterocycles. The number of hydrogen-bond acceptors (Lipinski definition) is 3. The molecule has 0 aliphatic carbocycles. The third kappa shape index (κ3) is 5.50. The second-order valence-electron chi connectivity index (χ2n) is 3.89. The maximum atomic E-state index is 8.59. The third-order valence-corrected chi connectivity index (χ3v) is 2.40. The van der Waals surface area contributed by atoms with Crippen LogP contribution in [-0.2, 0) is 11.3 Å². The average Bonchev–Trinajstić information content (AvgIpc) is 2.35. The Kier molecular flexibility index (Phi) is 6.34. The summed E-state index contributed by atoms with van der Waals surface area (Å²) < 4.78 is 5.03. The smallest absolute Gasteiger partial charge is 0.104 e. The molecular weight excluding hydrogens is 214 g/mol. The lowest BCUT2D eigenvalue weighted by atomic mass is 10.1. The molecule has 3 nitrogen and oxygen atoms in total. The van der Waals surface area contributed by atoms with Gasteiger partial charge < -0.3 is 9.84 Å². The normalized spacial score (nSPS) is 10.1. The Bertz CT molecular complexity index is 375. The first kappa shape index (κ1) is 13.7. The molecule has 92 valence electrons. The van der Waals surface area contributed by atoms with Gasteiger partial charge in [0.2, 0.25) is 0 Å². The van der Waals surface area contributed by atoms with Crippen molar-refractivity contribution in [1.29, 1.82) is 0 Å². The van der Waals surface area contributed by atoms with E-state index >= 15 is 0 Å². The van der Waals surface area contributed by atoms with Crippen LogP contribution in [0.1, 0.15) is 11.1 Å². The lowest BCUT2D eigenvalue weighted by molar-refractivity contribution is 0.158. The van der Waals surface area contributed by atoms with Gasteiger partial charge in [-0.1, -0.05) is 24.0 Å². The van der Waals surface area contributed by atoms with Gasteiger partial charge in [0.1, 0.15) is 6.61 Å². The number of methoxy groups -OCH3 is 1. The first-order valence-corrected chi connectivity index (χ1v) is 5.62. The van der Waals surface area contributed by atoms with E-state index in [-0.39, 0.29) is 6.61 Å². The monoisotopic (exact) mass is 233 g/mol. The Balaban J connectivity index is 2.50. The van der Waals surface area contributed by atoms with Gasteiger partial charge in [-0.2, -0.15) is 0 Å². The SMILES string of the molecule is COCCN(C)Cc1ccc(C#CCO)cc1. The number of aliphatic hydroxyl groups is 1. The molecule has 1 N–H and O–H groups in total. The number of hydrogen-bond donors (Lipinski definition) is 1. The molecule has 3 heteroatoms. The van der Waals surface area contributed by atoms with Crippen molar-refractivity contribution in [2.75, 3.05) is 33.9 Å². The molecule has 0 aliphatic rings. The van der Waals surface area contributed by atoms with Crippen LogP contribution in [0.3, 0.4) is 0 Å². The highest BCUT2D eigenvalue weighted by Gasteiger charge is 1.99. The highest BCUT2D eigenvalue weighted by Crippen LogP contribution is 2.05. The van der Waals surface area contributed by atoms with Crippen molar-refractivity contribution in [3.63, 3.8) is 0 Å². The van der Waals surface area contributed by atoms with E-state index in [9.17, 15) is 0 Å². The molecular formula is C14H19NO2. The molecule has 0 atom stereocenters. The van der Waals surface area contributed by atoms with E-state index < -0.39 is 0 Å². The second-order valence-corrected chi connectivity index (χ2v) is 3.89. The van der Waals surface area contributed by atoms with E-state index in [4.69, 9.17) is 9.84 Å². The molecule has 17 heavy (non-hydrogen) atoms. The third-order valence-electron chi connectivity index (χ3n) is 2.40. The molecule has 0 amide bonds. The fourth-order valence-corrected chi connectivity index (χ4v) is 1.47. The predicted octanol–water partition coefficient (Wildman–Crippen LogP) is 1.11. The molecule has 1 aromatic rings. The van der Waals surface area contributed by atoms with Crippen molar-refractivity contribution < 1.29 is 9.84 Å². The van der Waals surface area contributed by atoms with Gasteiger partial charge in [-0.3, -0.25) is 4.90 Å². The van der Waals surface area contributed by atoms with Crippen molar-refractivity contribution in [3.8, 4) is 11.8 Å². The summed E-state index contributed by atoms with van der Waals surface area (Å²) in [5.41, 5.74) is 2.18. The molecule has 0 heterocycles. The fraction of sp³-hybridized carbons (Fsp3) is 0.429. The Morgan fingerprint density at radius 3 is 2.59 bits per heavy atom. The maximum absolute atomic E-state index is 8.59. The Morgan fingerprint density at radius 1 is 1.29 bits per heavy atom. The minimum absolute atomic E-state index is 0.0957. The minimum Gasteiger partial charge on any atom is -0.384 e. The number of ether oxygens (including phenoxy) is 1. The lowest BCUT2D eigenvalue weighted by Crippen LogP contribution is -2.22. The summed E-state index contributed by atoms with van der Waals surface area (Å²) in [6.45, 7) is 2.47. The van der Waals surface area contributed by atoms with Gasteiger partial charge in [0, 0.05) is 25.8 Å². The molecule has 0 fully saturated rings. The van der Waals surface area contributed by atoms with Gasteiger partial charge in [-0.05, 0) is 24.7 Å². The summed E-state index contributed by atoms with van der Waals surface area (Å²) in [5, 5.41) is 8.59. The first-order valence-electron chi connectivity index (χ1n) is 5.62. The Hall–Kier alpha value is -1.34. The zero-order valence-electron chi connectivity index (χ0n) is 10.4. The average molecular weight is 233 g/mol. The summed E-state index contributed by atoms with van der Waals surface area (Å²) >= 11 is 0. The van der Waals surface area contributed by atoms with E-state index in [1.54, 1.807) is 7.11 Å². The highest BCUT2D eigenvalue weighted by molar-refractivity contribution is 5.36. The lowest BCUT2D eigenvalue weighted by Gasteiger charge is -2.15. The molecule has 1 rings (SSSR count). The van der Waals surface area contributed by atoms with Gasteiger partial charge in [-0.25, -0.2) is 0 Å². The molecule has 0 radical (unpaired) electrons. The molecule has 0 unspecified atom stereocenters. The second kappa shape index (κ2) is 7.86. The summed E-state index contributed by atoms with van der Waals surface area (Å²) in [6, 6.07) is 8.07. The molecule has 1 aromatic carbocycles. The standard InChI is InChI=1S/C14H19NO2/c1-15(9-11-17-2)12-14-7-5-13(6-8-14)4-3-10-16/h5-8,16H,9-12H2,1-2H3. The van der Waals surface area contributed by atoms with Crippen molar-refractivity contribution in [2.24, 2.45) is 0 Å². The van der Waals surface area contributed by atoms with Crippen molar-refractivity contribution in [3.05, 3.63) is 35.4 Å². The number of rotatable bonds is 5. The van der Waals surface area contributed by atoms with E-state index in [0.29, 0.717) is 0 Å². The van der Waals surface area contributed by atoms with Gasteiger partial charge in [-0.15, -0.1) is 0 Å². The fourth-order valence-electron chi connectivity index (χ4n) is 1.47. The Labute approximate surface area is 103 Å². The van der Waals surface area contributed by atoms with Crippen LogP contribution in [-0.4, -0.2) is 43.9 Å². The topological polar surface area (TPSA) is 32.7 Å². The summed E-state index contributed by atoms with van der Waals surface area (Å²) in [4.78, 5) is 2.21. The van der Waals surface area contributed by atoms with Crippen LogP contribution in [0.25, 0.3) is 0 Å². The molecule has 0 saturated carbocycles. The van der Waals surface area contributed by atoms with Crippen LogP contribution < -0.4 is 0 Å².